The molecule has 4 fully saturated rings. The Morgan fingerprint density at radius 3 is 2.45 bits per heavy atom. The number of rotatable bonds is 7. The number of aliphatic carboxylic acids is 1. The van der Waals surface area contributed by atoms with Crippen molar-refractivity contribution in [2.75, 3.05) is 47.8 Å². The lowest BCUT2D eigenvalue weighted by molar-refractivity contribution is -0.142. The summed E-state index contributed by atoms with van der Waals surface area (Å²) in [6, 6.07) is 5.01. The quantitative estimate of drug-likeness (QED) is 0.277. The van der Waals surface area contributed by atoms with Crippen LogP contribution in [-0.4, -0.2) is 76.7 Å². The Hall–Kier alpha value is -2.44. The van der Waals surface area contributed by atoms with Crippen LogP contribution in [0.1, 0.15) is 61.7 Å². The highest BCUT2D eigenvalue weighted by atomic mass is 35.5. The summed E-state index contributed by atoms with van der Waals surface area (Å²) in [6.07, 6.45) is 10.4. The van der Waals surface area contributed by atoms with E-state index in [4.69, 9.17) is 28.2 Å². The second-order valence-electron chi connectivity index (χ2n) is 12.4. The van der Waals surface area contributed by atoms with Crippen molar-refractivity contribution in [1.82, 2.24) is 14.9 Å². The molecular weight excluding hydrogens is 639 g/mol. The van der Waals surface area contributed by atoms with E-state index < -0.39 is 5.97 Å². The first kappa shape index (κ1) is 30.2. The van der Waals surface area contributed by atoms with E-state index in [2.05, 4.69) is 20.1 Å². The number of fused-ring (bicyclic) bond motifs is 1. The molecule has 0 aromatic carbocycles. The summed E-state index contributed by atoms with van der Waals surface area (Å²) in [5.74, 6) is -0.216. The summed E-state index contributed by atoms with van der Waals surface area (Å²) in [5, 5.41) is 16.9. The van der Waals surface area contributed by atoms with Gasteiger partial charge in [-0.05, 0) is 63.1 Å². The van der Waals surface area contributed by atoms with Gasteiger partial charge in [-0.3, -0.25) is 19.8 Å². The fourth-order valence-electron chi connectivity index (χ4n) is 7.57. The summed E-state index contributed by atoms with van der Waals surface area (Å²) >= 11 is 16.0. The SMILES string of the molecule is O=C(Nc1nc(-c2cc(Cl)cs2)c(N2CCC3C(CCN3C3CCCC3)C2)s1)c1cnc(N2CCC(C(=O)O)CC2)c(Cl)c1. The summed E-state index contributed by atoms with van der Waals surface area (Å²) in [7, 11) is 0. The molecule has 0 bridgehead atoms. The first-order chi connectivity index (χ1) is 21.3. The number of carbonyl (C=O) groups is 2. The number of thiazole rings is 1. The van der Waals surface area contributed by atoms with Gasteiger partial charge in [0.25, 0.3) is 5.91 Å². The van der Waals surface area contributed by atoms with Crippen LogP contribution in [0.4, 0.5) is 16.0 Å². The number of thiophene rings is 1. The van der Waals surface area contributed by atoms with Crippen LogP contribution in [0.25, 0.3) is 10.6 Å². The Balaban J connectivity index is 1.07. The van der Waals surface area contributed by atoms with E-state index in [-0.39, 0.29) is 11.8 Å². The van der Waals surface area contributed by atoms with Crippen molar-refractivity contribution >= 4 is 73.7 Å². The Kier molecular flexibility index (Phi) is 8.76. The largest absolute Gasteiger partial charge is 0.481 e. The molecule has 234 valence electrons. The third kappa shape index (κ3) is 6.06. The fourth-order valence-corrected chi connectivity index (χ4v) is 9.99. The molecule has 1 aliphatic carbocycles. The molecule has 6 heterocycles. The summed E-state index contributed by atoms with van der Waals surface area (Å²) in [6.45, 7) is 4.30. The number of hydrogen-bond donors (Lipinski definition) is 2. The maximum Gasteiger partial charge on any atom is 0.306 e. The van der Waals surface area contributed by atoms with Crippen LogP contribution in [0.5, 0.6) is 0 Å². The fraction of sp³-hybridized carbons (Fsp3) is 0.548. The number of carbonyl (C=O) groups excluding carboxylic acids is 1. The highest BCUT2D eigenvalue weighted by Gasteiger charge is 2.42. The van der Waals surface area contributed by atoms with E-state index in [9.17, 15) is 14.7 Å². The van der Waals surface area contributed by atoms with E-state index in [1.54, 1.807) is 17.4 Å². The summed E-state index contributed by atoms with van der Waals surface area (Å²) in [5.41, 5.74) is 1.21. The van der Waals surface area contributed by atoms with Crippen LogP contribution in [-0.2, 0) is 4.79 Å². The van der Waals surface area contributed by atoms with Crippen LogP contribution >= 0.6 is 45.9 Å². The van der Waals surface area contributed by atoms with Crippen molar-refractivity contribution in [3.05, 3.63) is 39.3 Å². The average molecular weight is 676 g/mol. The maximum atomic E-state index is 13.4. The number of carboxylic acids is 1. The standard InChI is InChI=1S/C31H36Cl2N6O3S2/c32-21-14-25(43-17-21)26-29(38-11-8-24-19(16-38)7-12-39(24)22-3-1-2-4-22)44-31(35-26)36-28(40)20-13-23(33)27(34-15-20)37-9-5-18(6-10-37)30(41)42/h13-15,17-19,22,24H,1-12,16H2,(H,41,42)(H,35,36,40). The molecule has 9 nitrogen and oxygen atoms in total. The third-order valence-electron chi connectivity index (χ3n) is 9.82. The number of piperidine rings is 2. The van der Waals surface area contributed by atoms with Crippen molar-refractivity contribution in [3.63, 3.8) is 0 Å². The molecule has 0 radical (unpaired) electrons. The number of amides is 1. The molecule has 44 heavy (non-hydrogen) atoms. The third-order valence-corrected chi connectivity index (χ3v) is 12.4. The van der Waals surface area contributed by atoms with Gasteiger partial charge in [0.2, 0.25) is 0 Å². The molecule has 7 rings (SSSR count). The van der Waals surface area contributed by atoms with Crippen LogP contribution in [0, 0.1) is 11.8 Å². The molecule has 3 aromatic rings. The minimum absolute atomic E-state index is 0.326. The molecule has 2 N–H and O–H groups in total. The van der Waals surface area contributed by atoms with E-state index in [0.29, 0.717) is 64.4 Å². The Bertz CT molecular complexity index is 1530. The molecule has 1 saturated carbocycles. The lowest BCUT2D eigenvalue weighted by atomic mass is 9.92. The van der Waals surface area contributed by atoms with Gasteiger partial charge >= 0.3 is 5.97 Å². The second kappa shape index (κ2) is 12.7. The first-order valence-electron chi connectivity index (χ1n) is 15.5. The maximum absolute atomic E-state index is 13.4. The number of nitrogens with one attached hydrogen (secondary N) is 1. The molecule has 0 spiro atoms. The van der Waals surface area contributed by atoms with Crippen molar-refractivity contribution < 1.29 is 14.7 Å². The van der Waals surface area contributed by atoms with Gasteiger partial charge in [-0.2, -0.15) is 0 Å². The number of nitrogens with zero attached hydrogens (tertiary/aromatic N) is 5. The minimum Gasteiger partial charge on any atom is -0.481 e. The number of hydrogen-bond acceptors (Lipinski definition) is 9. The second-order valence-corrected chi connectivity index (χ2v) is 15.1. The van der Waals surface area contributed by atoms with Crippen LogP contribution in [0.3, 0.4) is 0 Å². The Morgan fingerprint density at radius 1 is 0.977 bits per heavy atom. The van der Waals surface area contributed by atoms with E-state index >= 15 is 0 Å². The van der Waals surface area contributed by atoms with Gasteiger partial charge in [-0.25, -0.2) is 9.97 Å². The van der Waals surface area contributed by atoms with Gasteiger partial charge in [0.15, 0.2) is 5.13 Å². The zero-order chi connectivity index (χ0) is 30.4. The molecule has 1 amide bonds. The zero-order valence-electron chi connectivity index (χ0n) is 24.4. The van der Waals surface area contributed by atoms with Crippen LogP contribution < -0.4 is 15.1 Å². The molecular formula is C31H36Cl2N6O3S2. The highest BCUT2D eigenvalue weighted by molar-refractivity contribution is 7.21. The molecule has 3 saturated heterocycles. The number of pyridine rings is 1. The normalized spacial score (nSPS) is 23.3. The van der Waals surface area contributed by atoms with E-state index in [0.717, 1.165) is 41.1 Å². The topological polar surface area (TPSA) is 102 Å². The molecule has 4 aliphatic rings. The average Bonchev–Trinajstić information content (AvgIpc) is 3.83. The number of aromatic nitrogens is 2. The Morgan fingerprint density at radius 2 is 1.75 bits per heavy atom. The van der Waals surface area contributed by atoms with Gasteiger partial charge in [0.05, 0.1) is 26.4 Å². The van der Waals surface area contributed by atoms with Crippen LogP contribution in [0.15, 0.2) is 23.7 Å². The van der Waals surface area contributed by atoms with Crippen LogP contribution in [0.2, 0.25) is 10.0 Å². The molecule has 2 atom stereocenters. The van der Waals surface area contributed by atoms with Gasteiger partial charge in [-0.15, -0.1) is 11.3 Å². The lowest BCUT2D eigenvalue weighted by Gasteiger charge is -2.40. The van der Waals surface area contributed by atoms with E-state index in [1.807, 2.05) is 16.3 Å². The molecule has 13 heteroatoms. The smallest absolute Gasteiger partial charge is 0.306 e. The van der Waals surface area contributed by atoms with Gasteiger partial charge in [-0.1, -0.05) is 47.4 Å². The van der Waals surface area contributed by atoms with Crippen molar-refractivity contribution in [2.24, 2.45) is 11.8 Å². The number of carboxylic acid groups (broad SMARTS) is 1. The van der Waals surface area contributed by atoms with Crippen molar-refractivity contribution in [1.29, 1.82) is 0 Å². The zero-order valence-corrected chi connectivity index (χ0v) is 27.5. The minimum atomic E-state index is -0.764. The Labute approximate surface area is 275 Å². The monoisotopic (exact) mass is 674 g/mol. The highest BCUT2D eigenvalue weighted by Crippen LogP contribution is 2.45. The van der Waals surface area contributed by atoms with Crippen molar-refractivity contribution in [2.45, 2.75) is 63.5 Å². The predicted octanol–water partition coefficient (Wildman–Crippen LogP) is 6.97. The summed E-state index contributed by atoms with van der Waals surface area (Å²) in [4.78, 5) is 42.3. The molecule has 3 aliphatic heterocycles. The van der Waals surface area contributed by atoms with Crippen molar-refractivity contribution in [3.8, 4) is 10.6 Å². The number of likely N-dealkylation sites (tertiary alicyclic amines) is 1. The number of anilines is 3. The molecule has 2 unspecified atom stereocenters. The lowest BCUT2D eigenvalue weighted by Crippen LogP contribution is -2.48. The summed E-state index contributed by atoms with van der Waals surface area (Å²) < 4.78 is 0. The van der Waals surface area contributed by atoms with Gasteiger partial charge in [0, 0.05) is 49.8 Å². The van der Waals surface area contributed by atoms with Gasteiger partial charge < -0.3 is 14.9 Å². The molecule has 3 aromatic heterocycles. The predicted molar refractivity (Wildman–Crippen MR) is 178 cm³/mol. The van der Waals surface area contributed by atoms with E-state index in [1.165, 1.54) is 56.2 Å². The van der Waals surface area contributed by atoms with Gasteiger partial charge in [0.1, 0.15) is 16.5 Å². The first-order valence-corrected chi connectivity index (χ1v) is 18.0. The number of halogens is 2.